The second-order valence-electron chi connectivity index (χ2n) is 14.2. The fraction of sp³-hybridized carbons (Fsp3) is 0.238. The van der Waals surface area contributed by atoms with Gasteiger partial charge in [0.25, 0.3) is 0 Å². The number of rotatable bonds is 9. The lowest BCUT2D eigenvalue weighted by Crippen LogP contribution is -2.49. The SMILES string of the molecule is CC1(Cc2cc(-c3ccc(-c4cc([B]OC(C)(C)C(C)(C)O)cc5oc6ccccc6c45)cc3)nc(-c3ccccc3)n2)C=CC=CC1. The third-order valence-corrected chi connectivity index (χ3v) is 9.68. The highest BCUT2D eigenvalue weighted by Gasteiger charge is 2.36. The minimum absolute atomic E-state index is 0.00478. The van der Waals surface area contributed by atoms with Crippen molar-refractivity contribution in [3.63, 3.8) is 0 Å². The topological polar surface area (TPSA) is 68.4 Å². The third kappa shape index (κ3) is 6.38. The van der Waals surface area contributed by atoms with Crippen LogP contribution in [0.15, 0.2) is 126 Å². The van der Waals surface area contributed by atoms with Crippen LogP contribution in [0.5, 0.6) is 0 Å². The van der Waals surface area contributed by atoms with E-state index >= 15 is 0 Å². The highest BCUT2D eigenvalue weighted by molar-refractivity contribution is 6.48. The Bertz CT molecular complexity index is 2160. The number of nitrogens with zero attached hydrogens (tertiary/aromatic N) is 2. The van der Waals surface area contributed by atoms with Crippen molar-refractivity contribution >= 4 is 34.9 Å². The fourth-order valence-corrected chi connectivity index (χ4v) is 6.12. The second-order valence-corrected chi connectivity index (χ2v) is 14.2. The van der Waals surface area contributed by atoms with Crippen LogP contribution in [-0.4, -0.2) is 33.8 Å². The van der Waals surface area contributed by atoms with Gasteiger partial charge < -0.3 is 14.2 Å². The predicted molar refractivity (Wildman–Crippen MR) is 197 cm³/mol. The molecule has 1 atom stereocenters. The fourth-order valence-electron chi connectivity index (χ4n) is 6.12. The number of furan rings is 1. The van der Waals surface area contributed by atoms with Crippen LogP contribution < -0.4 is 5.46 Å². The maximum Gasteiger partial charge on any atom is 0.331 e. The lowest BCUT2D eigenvalue weighted by molar-refractivity contribution is -0.0893. The van der Waals surface area contributed by atoms with Crippen LogP contribution in [0.25, 0.3) is 55.7 Å². The average Bonchev–Trinajstić information content (AvgIpc) is 3.45. The van der Waals surface area contributed by atoms with Crippen molar-refractivity contribution in [3.8, 4) is 33.8 Å². The highest BCUT2D eigenvalue weighted by Crippen LogP contribution is 2.38. The molecule has 0 amide bonds. The first kappa shape index (κ1) is 31.8. The molecule has 0 aliphatic heterocycles. The van der Waals surface area contributed by atoms with Crippen molar-refractivity contribution in [3.05, 3.63) is 127 Å². The number of hydrogen-bond donors (Lipinski definition) is 1. The molecule has 0 spiro atoms. The lowest BCUT2D eigenvalue weighted by atomic mass is 9.79. The van der Waals surface area contributed by atoms with Crippen molar-refractivity contribution in [1.29, 1.82) is 0 Å². The normalized spacial score (nSPS) is 16.5. The van der Waals surface area contributed by atoms with Crippen LogP contribution in [0.3, 0.4) is 0 Å². The Morgan fingerprint density at radius 1 is 0.812 bits per heavy atom. The van der Waals surface area contributed by atoms with Crippen molar-refractivity contribution in [1.82, 2.24) is 9.97 Å². The molecule has 7 rings (SSSR count). The lowest BCUT2D eigenvalue weighted by Gasteiger charge is -2.37. The molecule has 6 aromatic rings. The summed E-state index contributed by atoms with van der Waals surface area (Å²) >= 11 is 0. The van der Waals surface area contributed by atoms with E-state index in [-0.39, 0.29) is 5.41 Å². The molecule has 1 aliphatic rings. The number of aliphatic hydroxyl groups is 1. The number of fused-ring (bicyclic) bond motifs is 3. The molecule has 5 nitrogen and oxygen atoms in total. The van der Waals surface area contributed by atoms with Crippen molar-refractivity contribution in [2.45, 2.75) is 58.7 Å². The van der Waals surface area contributed by atoms with E-state index in [4.69, 9.17) is 19.0 Å². The molecule has 239 valence electrons. The zero-order chi connectivity index (χ0) is 33.5. The van der Waals surface area contributed by atoms with Gasteiger partial charge in [-0.05, 0) is 80.7 Å². The van der Waals surface area contributed by atoms with Crippen LogP contribution in [0.2, 0.25) is 0 Å². The first-order valence-corrected chi connectivity index (χ1v) is 16.6. The van der Waals surface area contributed by atoms with E-state index in [2.05, 4.69) is 85.8 Å². The number of hydrogen-bond acceptors (Lipinski definition) is 5. The summed E-state index contributed by atoms with van der Waals surface area (Å²) in [5.74, 6) is 0.731. The van der Waals surface area contributed by atoms with Crippen LogP contribution in [0.4, 0.5) is 0 Å². The maximum absolute atomic E-state index is 10.7. The molecule has 4 aromatic carbocycles. The van der Waals surface area contributed by atoms with Gasteiger partial charge in [-0.25, -0.2) is 9.97 Å². The van der Waals surface area contributed by atoms with Crippen LogP contribution in [-0.2, 0) is 11.1 Å². The molecular weight excluding hydrogens is 591 g/mol. The Morgan fingerprint density at radius 3 is 2.27 bits per heavy atom. The first-order valence-electron chi connectivity index (χ1n) is 16.6. The summed E-state index contributed by atoms with van der Waals surface area (Å²) in [6.07, 6.45) is 10.6. The van der Waals surface area contributed by atoms with Crippen molar-refractivity contribution in [2.75, 3.05) is 0 Å². The van der Waals surface area contributed by atoms with Gasteiger partial charge in [-0.15, -0.1) is 0 Å². The largest absolute Gasteiger partial charge is 0.456 e. The van der Waals surface area contributed by atoms with Gasteiger partial charge >= 0.3 is 7.48 Å². The molecule has 0 saturated heterocycles. The Hall–Kier alpha value is -4.78. The molecular formula is C42H40BN2O3. The van der Waals surface area contributed by atoms with E-state index in [1.807, 2.05) is 56.3 Å². The van der Waals surface area contributed by atoms with Gasteiger partial charge in [0.15, 0.2) is 5.82 Å². The standard InChI is InChI=1S/C42H40BN2O3/c1-40(2,46)41(3,4)48-43-31-24-34(38-33-16-10-11-17-36(33)47-37(38)25-31)28-18-20-29(21-19-28)35-26-32(27-42(5)22-12-7-13-23-42)44-39(45-35)30-14-8-6-9-15-30/h6-22,24-26,46H,23,27H2,1-5H3. The van der Waals surface area contributed by atoms with E-state index in [0.29, 0.717) is 0 Å². The molecule has 1 aliphatic carbocycles. The summed E-state index contributed by atoms with van der Waals surface area (Å²) in [4.78, 5) is 10.1. The van der Waals surface area contributed by atoms with Gasteiger partial charge in [-0.3, -0.25) is 0 Å². The van der Waals surface area contributed by atoms with E-state index in [9.17, 15) is 5.11 Å². The summed E-state index contributed by atoms with van der Waals surface area (Å²) < 4.78 is 12.5. The summed E-state index contributed by atoms with van der Waals surface area (Å²) in [5.41, 5.74) is 6.67. The molecule has 0 bridgehead atoms. The van der Waals surface area contributed by atoms with Gasteiger partial charge in [-0.2, -0.15) is 0 Å². The molecule has 48 heavy (non-hydrogen) atoms. The maximum atomic E-state index is 10.7. The quantitative estimate of drug-likeness (QED) is 0.161. The number of para-hydroxylation sites is 1. The van der Waals surface area contributed by atoms with Crippen molar-refractivity contribution < 1.29 is 14.2 Å². The monoisotopic (exact) mass is 631 g/mol. The molecule has 0 fully saturated rings. The molecule has 2 aromatic heterocycles. The number of benzene rings is 4. The minimum Gasteiger partial charge on any atom is -0.456 e. The van der Waals surface area contributed by atoms with Crippen LogP contribution in [0.1, 0.15) is 46.7 Å². The van der Waals surface area contributed by atoms with Gasteiger partial charge in [0.2, 0.25) is 0 Å². The van der Waals surface area contributed by atoms with Gasteiger partial charge in [0.05, 0.1) is 16.9 Å². The van der Waals surface area contributed by atoms with Crippen LogP contribution >= 0.6 is 0 Å². The zero-order valence-corrected chi connectivity index (χ0v) is 28.2. The Labute approximate surface area is 283 Å². The summed E-state index contributed by atoms with van der Waals surface area (Å²) in [6, 6.07) is 33.2. The number of aromatic nitrogens is 2. The number of allylic oxidation sites excluding steroid dienone is 4. The van der Waals surface area contributed by atoms with E-state index in [1.54, 1.807) is 21.3 Å². The zero-order valence-electron chi connectivity index (χ0n) is 28.2. The first-order chi connectivity index (χ1) is 23.0. The Morgan fingerprint density at radius 2 is 1.54 bits per heavy atom. The smallest absolute Gasteiger partial charge is 0.331 e. The average molecular weight is 632 g/mol. The summed E-state index contributed by atoms with van der Waals surface area (Å²) in [6.45, 7) is 9.56. The molecule has 6 heteroatoms. The molecule has 0 saturated carbocycles. The highest BCUT2D eigenvalue weighted by atomic mass is 16.5. The molecule has 1 unspecified atom stereocenters. The third-order valence-electron chi connectivity index (χ3n) is 9.68. The second kappa shape index (κ2) is 12.4. The van der Waals surface area contributed by atoms with E-state index in [0.717, 1.165) is 79.7 Å². The summed E-state index contributed by atoms with van der Waals surface area (Å²) in [7, 11) is 1.72. The minimum atomic E-state index is -1.03. The van der Waals surface area contributed by atoms with Crippen molar-refractivity contribution in [2.24, 2.45) is 5.41 Å². The van der Waals surface area contributed by atoms with Gasteiger partial charge in [0, 0.05) is 27.6 Å². The van der Waals surface area contributed by atoms with Crippen LogP contribution in [0, 0.1) is 5.41 Å². The van der Waals surface area contributed by atoms with Gasteiger partial charge in [0.1, 0.15) is 11.2 Å². The molecule has 1 N–H and O–H groups in total. The molecule has 2 heterocycles. The molecule has 1 radical (unpaired) electrons. The Balaban J connectivity index is 1.29. The van der Waals surface area contributed by atoms with Gasteiger partial charge in [-0.1, -0.05) is 110 Å². The van der Waals surface area contributed by atoms with E-state index < -0.39 is 11.2 Å². The summed E-state index contributed by atoms with van der Waals surface area (Å²) in [5, 5.41) is 12.8. The van der Waals surface area contributed by atoms with E-state index in [1.165, 1.54) is 0 Å². The Kier molecular flexibility index (Phi) is 8.18. The predicted octanol–water partition coefficient (Wildman–Crippen LogP) is 9.25.